The molecule has 0 saturated heterocycles. The van der Waals surface area contributed by atoms with E-state index >= 15 is 0 Å². The highest BCUT2D eigenvalue weighted by molar-refractivity contribution is 5.85. The van der Waals surface area contributed by atoms with Crippen LogP contribution in [0.4, 0.5) is 8.78 Å². The molecule has 15 heavy (non-hydrogen) atoms. The second-order valence-corrected chi connectivity index (χ2v) is 2.84. The van der Waals surface area contributed by atoms with Crippen molar-refractivity contribution >= 4 is 11.9 Å². The predicted molar refractivity (Wildman–Crippen MR) is 46.7 cm³/mol. The summed E-state index contributed by atoms with van der Waals surface area (Å²) >= 11 is 0. The number of carbonyl (C=O) groups excluding carboxylic acids is 1. The summed E-state index contributed by atoms with van der Waals surface area (Å²) in [5.41, 5.74) is 0. The van der Waals surface area contributed by atoms with Crippen molar-refractivity contribution in [2.24, 2.45) is 0 Å². The molecule has 88 valence electrons. The van der Waals surface area contributed by atoms with Crippen LogP contribution in [-0.4, -0.2) is 43.2 Å². The van der Waals surface area contributed by atoms with Crippen molar-refractivity contribution in [2.45, 2.75) is 25.3 Å². The number of ether oxygens (including phenoxy) is 1. The number of aliphatic carboxylic acids is 1. The van der Waals surface area contributed by atoms with Crippen molar-refractivity contribution in [1.82, 2.24) is 5.32 Å². The van der Waals surface area contributed by atoms with E-state index in [9.17, 15) is 18.4 Å². The zero-order chi connectivity index (χ0) is 11.8. The van der Waals surface area contributed by atoms with Gasteiger partial charge >= 0.3 is 12.4 Å². The van der Waals surface area contributed by atoms with Gasteiger partial charge in [-0.25, -0.2) is 4.79 Å². The standard InChI is InChI=1S/C8H13F2NO4/c1-15-4-2-3-5(8(13)14)11-7(12)6(9)10/h5-6H,2-4H2,1H3,(H,11,12)(H,13,14). The molecule has 0 aliphatic rings. The molecule has 0 spiro atoms. The molecule has 0 fully saturated rings. The zero-order valence-electron chi connectivity index (χ0n) is 8.20. The number of methoxy groups -OCH3 is 1. The van der Waals surface area contributed by atoms with Gasteiger partial charge in [0.05, 0.1) is 0 Å². The molecular weight excluding hydrogens is 212 g/mol. The second-order valence-electron chi connectivity index (χ2n) is 2.84. The quantitative estimate of drug-likeness (QED) is 0.609. The van der Waals surface area contributed by atoms with Crippen LogP contribution in [0.25, 0.3) is 0 Å². The summed E-state index contributed by atoms with van der Waals surface area (Å²) in [6.45, 7) is 0.314. The number of carbonyl (C=O) groups is 2. The Hall–Kier alpha value is -1.24. The Bertz CT molecular complexity index is 223. The summed E-state index contributed by atoms with van der Waals surface area (Å²) in [5.74, 6) is -2.90. The molecule has 7 heteroatoms. The fourth-order valence-corrected chi connectivity index (χ4v) is 0.924. The summed E-state index contributed by atoms with van der Waals surface area (Å²) < 4.78 is 28.3. The van der Waals surface area contributed by atoms with Crippen molar-refractivity contribution in [1.29, 1.82) is 0 Å². The van der Waals surface area contributed by atoms with E-state index in [1.807, 2.05) is 0 Å². The Morgan fingerprint density at radius 2 is 2.07 bits per heavy atom. The maximum Gasteiger partial charge on any atom is 0.326 e. The van der Waals surface area contributed by atoms with Crippen molar-refractivity contribution in [2.75, 3.05) is 13.7 Å². The van der Waals surface area contributed by atoms with Gasteiger partial charge in [0.15, 0.2) is 0 Å². The number of alkyl halides is 2. The van der Waals surface area contributed by atoms with E-state index in [4.69, 9.17) is 5.11 Å². The normalized spacial score (nSPS) is 12.5. The third-order valence-electron chi connectivity index (χ3n) is 1.65. The fraction of sp³-hybridized carbons (Fsp3) is 0.750. The molecule has 0 aliphatic heterocycles. The number of hydrogen-bond donors (Lipinski definition) is 2. The van der Waals surface area contributed by atoms with Crippen molar-refractivity contribution < 1.29 is 28.2 Å². The summed E-state index contributed by atoms with van der Waals surface area (Å²) in [5, 5.41) is 10.3. The first-order chi connectivity index (χ1) is 6.99. The number of carboxylic acids is 1. The SMILES string of the molecule is COCCCC(NC(=O)C(F)F)C(=O)O. The monoisotopic (exact) mass is 225 g/mol. The second kappa shape index (κ2) is 7.10. The largest absolute Gasteiger partial charge is 0.480 e. The molecule has 1 unspecified atom stereocenters. The molecule has 1 amide bonds. The Kier molecular flexibility index (Phi) is 6.52. The maximum absolute atomic E-state index is 11.8. The minimum atomic E-state index is -3.20. The summed E-state index contributed by atoms with van der Waals surface area (Å²) in [4.78, 5) is 21.1. The van der Waals surface area contributed by atoms with E-state index in [0.717, 1.165) is 0 Å². The molecule has 0 radical (unpaired) electrons. The highest BCUT2D eigenvalue weighted by Gasteiger charge is 2.23. The Morgan fingerprint density at radius 1 is 1.47 bits per heavy atom. The molecule has 2 N–H and O–H groups in total. The lowest BCUT2D eigenvalue weighted by molar-refractivity contribution is -0.144. The Morgan fingerprint density at radius 3 is 2.47 bits per heavy atom. The fourth-order valence-electron chi connectivity index (χ4n) is 0.924. The maximum atomic E-state index is 11.8. The molecule has 0 aromatic carbocycles. The molecule has 0 rings (SSSR count). The van der Waals surface area contributed by atoms with E-state index in [2.05, 4.69) is 4.74 Å². The zero-order valence-corrected chi connectivity index (χ0v) is 8.20. The first-order valence-electron chi connectivity index (χ1n) is 4.29. The van der Waals surface area contributed by atoms with E-state index in [1.54, 1.807) is 5.32 Å². The molecule has 0 aromatic heterocycles. The summed E-state index contributed by atoms with van der Waals surface area (Å²) in [7, 11) is 1.44. The Labute approximate surface area is 85.4 Å². The van der Waals surface area contributed by atoms with Crippen molar-refractivity contribution in [3.63, 3.8) is 0 Å². The number of carboxylic acid groups (broad SMARTS) is 1. The van der Waals surface area contributed by atoms with Gasteiger partial charge in [0.25, 0.3) is 5.91 Å². The first kappa shape index (κ1) is 13.8. The number of hydrogen-bond acceptors (Lipinski definition) is 3. The van der Waals surface area contributed by atoms with Gasteiger partial charge in [-0.2, -0.15) is 8.78 Å². The van der Waals surface area contributed by atoms with Gasteiger partial charge < -0.3 is 15.2 Å². The molecule has 0 bridgehead atoms. The first-order valence-corrected chi connectivity index (χ1v) is 4.29. The highest BCUT2D eigenvalue weighted by atomic mass is 19.3. The van der Waals surface area contributed by atoms with Crippen molar-refractivity contribution in [3.05, 3.63) is 0 Å². The van der Waals surface area contributed by atoms with Crippen molar-refractivity contribution in [3.8, 4) is 0 Å². The van der Waals surface area contributed by atoms with Crippen LogP contribution in [0.5, 0.6) is 0 Å². The van der Waals surface area contributed by atoms with Crippen LogP contribution >= 0.6 is 0 Å². The van der Waals surface area contributed by atoms with Gasteiger partial charge in [0.2, 0.25) is 0 Å². The van der Waals surface area contributed by atoms with Gasteiger partial charge in [-0.15, -0.1) is 0 Å². The number of rotatable bonds is 7. The predicted octanol–water partition coefficient (Wildman–Crippen LogP) is 0.248. The molecule has 5 nitrogen and oxygen atoms in total. The number of amides is 1. The summed E-state index contributed by atoms with van der Waals surface area (Å²) in [6.07, 6.45) is -2.77. The highest BCUT2D eigenvalue weighted by Crippen LogP contribution is 2.00. The minimum absolute atomic E-state index is 0.0572. The summed E-state index contributed by atoms with van der Waals surface area (Å²) in [6, 6.07) is -1.29. The van der Waals surface area contributed by atoms with Gasteiger partial charge in [-0.3, -0.25) is 4.79 Å². The smallest absolute Gasteiger partial charge is 0.326 e. The van der Waals surface area contributed by atoms with Crippen LogP contribution in [0.15, 0.2) is 0 Å². The average molecular weight is 225 g/mol. The lowest BCUT2D eigenvalue weighted by atomic mass is 10.1. The van der Waals surface area contributed by atoms with E-state index in [0.29, 0.717) is 13.0 Å². The van der Waals surface area contributed by atoms with Gasteiger partial charge in [-0.1, -0.05) is 0 Å². The average Bonchev–Trinajstić information content (AvgIpc) is 2.15. The number of halogens is 2. The van der Waals surface area contributed by atoms with Crippen LogP contribution in [-0.2, 0) is 14.3 Å². The lowest BCUT2D eigenvalue weighted by Gasteiger charge is -2.13. The molecule has 1 atom stereocenters. The van der Waals surface area contributed by atoms with Crippen LogP contribution in [0, 0.1) is 0 Å². The lowest BCUT2D eigenvalue weighted by Crippen LogP contribution is -2.43. The van der Waals surface area contributed by atoms with Crippen LogP contribution in [0.3, 0.4) is 0 Å². The van der Waals surface area contributed by atoms with Gasteiger partial charge in [0, 0.05) is 13.7 Å². The van der Waals surface area contributed by atoms with E-state index in [-0.39, 0.29) is 6.42 Å². The van der Waals surface area contributed by atoms with E-state index < -0.39 is 24.3 Å². The molecule has 0 aromatic rings. The Balaban J connectivity index is 4.05. The van der Waals surface area contributed by atoms with Gasteiger partial charge in [-0.05, 0) is 12.8 Å². The minimum Gasteiger partial charge on any atom is -0.480 e. The topological polar surface area (TPSA) is 75.6 Å². The molecule has 0 saturated carbocycles. The molecular formula is C8H13F2NO4. The number of nitrogens with one attached hydrogen (secondary N) is 1. The van der Waals surface area contributed by atoms with Crippen LogP contribution < -0.4 is 5.32 Å². The third kappa shape index (κ3) is 5.95. The van der Waals surface area contributed by atoms with Crippen LogP contribution in [0.2, 0.25) is 0 Å². The third-order valence-corrected chi connectivity index (χ3v) is 1.65. The molecule has 0 heterocycles. The van der Waals surface area contributed by atoms with Crippen LogP contribution in [0.1, 0.15) is 12.8 Å². The van der Waals surface area contributed by atoms with E-state index in [1.165, 1.54) is 7.11 Å². The molecule has 0 aliphatic carbocycles. The van der Waals surface area contributed by atoms with Gasteiger partial charge in [0.1, 0.15) is 6.04 Å².